The Hall–Kier alpha value is -1.64. The molecule has 3 rings (SSSR count). The van der Waals surface area contributed by atoms with E-state index in [0.29, 0.717) is 18.4 Å². The highest BCUT2D eigenvalue weighted by Gasteiger charge is 2.12. The Kier molecular flexibility index (Phi) is 9.21. The Morgan fingerprint density at radius 1 is 1.11 bits per heavy atom. The summed E-state index contributed by atoms with van der Waals surface area (Å²) < 4.78 is 5.44. The zero-order valence-electron chi connectivity index (χ0n) is 16.7. The van der Waals surface area contributed by atoms with Crippen molar-refractivity contribution in [2.24, 2.45) is 10.7 Å². The summed E-state index contributed by atoms with van der Waals surface area (Å²) in [5, 5.41) is 3.21. The molecule has 0 saturated carbocycles. The van der Waals surface area contributed by atoms with Crippen LogP contribution in [0.25, 0.3) is 0 Å². The van der Waals surface area contributed by atoms with Gasteiger partial charge in [0.1, 0.15) is 0 Å². The van der Waals surface area contributed by atoms with Crippen LogP contribution in [0.1, 0.15) is 36.5 Å². The quantitative estimate of drug-likeness (QED) is 0.359. The zero-order valence-corrected chi connectivity index (χ0v) is 19.1. The molecule has 2 aromatic rings. The van der Waals surface area contributed by atoms with Crippen LogP contribution in [0.5, 0.6) is 0 Å². The maximum atomic E-state index is 6.13. The first-order chi connectivity index (χ1) is 13.1. The van der Waals surface area contributed by atoms with Crippen LogP contribution in [-0.2, 0) is 17.8 Å². The molecule has 3 N–H and O–H groups in total. The van der Waals surface area contributed by atoms with Crippen molar-refractivity contribution >= 4 is 35.6 Å². The molecule has 28 heavy (non-hydrogen) atoms. The minimum absolute atomic E-state index is 0. The van der Waals surface area contributed by atoms with E-state index < -0.39 is 0 Å². The summed E-state index contributed by atoms with van der Waals surface area (Å²) >= 11 is 0. The second-order valence-electron chi connectivity index (χ2n) is 7.26. The zero-order chi connectivity index (χ0) is 19.1. The number of anilines is 1. The molecule has 6 heteroatoms. The molecule has 1 heterocycles. The standard InChI is InChI=1S/C22H30N4O.HI/c1-17(2)18-8-5-9-21(14-18)25-22(23)24-15-19-6-3-4-7-20(19)16-26-10-12-27-13-11-26;/h3-9,14,17H,10-13,15-16H2,1-2H3,(H3,23,24,25);1H. The molecule has 0 radical (unpaired) electrons. The number of nitrogens with two attached hydrogens (primary N) is 1. The number of rotatable bonds is 6. The fraction of sp³-hybridized carbons (Fsp3) is 0.409. The molecule has 152 valence electrons. The predicted molar refractivity (Wildman–Crippen MR) is 127 cm³/mol. The number of guanidine groups is 1. The Balaban J connectivity index is 0.00000280. The lowest BCUT2D eigenvalue weighted by atomic mass is 10.0. The van der Waals surface area contributed by atoms with E-state index in [-0.39, 0.29) is 24.0 Å². The highest BCUT2D eigenvalue weighted by Crippen LogP contribution is 2.18. The lowest BCUT2D eigenvalue weighted by molar-refractivity contribution is 0.0341. The van der Waals surface area contributed by atoms with Crippen LogP contribution >= 0.6 is 24.0 Å². The van der Waals surface area contributed by atoms with Crippen molar-refractivity contribution < 1.29 is 4.74 Å². The van der Waals surface area contributed by atoms with E-state index in [1.54, 1.807) is 0 Å². The van der Waals surface area contributed by atoms with Crippen LogP contribution in [0, 0.1) is 0 Å². The highest BCUT2D eigenvalue weighted by molar-refractivity contribution is 14.0. The van der Waals surface area contributed by atoms with Crippen LogP contribution in [-0.4, -0.2) is 37.2 Å². The fourth-order valence-electron chi connectivity index (χ4n) is 3.20. The molecule has 0 unspecified atom stereocenters. The topological polar surface area (TPSA) is 62.9 Å². The summed E-state index contributed by atoms with van der Waals surface area (Å²) in [6, 6.07) is 16.8. The summed E-state index contributed by atoms with van der Waals surface area (Å²) in [6.07, 6.45) is 0. The number of ether oxygens (including phenoxy) is 1. The van der Waals surface area contributed by atoms with E-state index in [1.807, 2.05) is 12.1 Å². The number of hydrogen-bond acceptors (Lipinski definition) is 3. The number of morpholine rings is 1. The predicted octanol–water partition coefficient (Wildman–Crippen LogP) is 4.19. The monoisotopic (exact) mass is 494 g/mol. The molecule has 1 saturated heterocycles. The Bertz CT molecular complexity index is 773. The van der Waals surface area contributed by atoms with Crippen LogP contribution in [0.2, 0.25) is 0 Å². The van der Waals surface area contributed by atoms with Crippen molar-refractivity contribution in [1.29, 1.82) is 0 Å². The van der Waals surface area contributed by atoms with Crippen molar-refractivity contribution in [3.63, 3.8) is 0 Å². The second kappa shape index (κ2) is 11.4. The smallest absolute Gasteiger partial charge is 0.193 e. The highest BCUT2D eigenvalue weighted by atomic mass is 127. The van der Waals surface area contributed by atoms with Gasteiger partial charge in [0.05, 0.1) is 19.8 Å². The number of aliphatic imine (C=N–C) groups is 1. The van der Waals surface area contributed by atoms with Gasteiger partial charge in [0, 0.05) is 25.3 Å². The molecule has 0 aliphatic carbocycles. The van der Waals surface area contributed by atoms with Crippen molar-refractivity contribution in [3.05, 3.63) is 65.2 Å². The molecular formula is C22H31IN4O. The average molecular weight is 494 g/mol. The van der Waals surface area contributed by atoms with Gasteiger partial charge >= 0.3 is 0 Å². The van der Waals surface area contributed by atoms with Gasteiger partial charge in [0.25, 0.3) is 0 Å². The molecule has 1 aliphatic heterocycles. The Morgan fingerprint density at radius 3 is 2.54 bits per heavy atom. The molecule has 0 aromatic heterocycles. The van der Waals surface area contributed by atoms with Crippen molar-refractivity contribution in [2.45, 2.75) is 32.9 Å². The van der Waals surface area contributed by atoms with E-state index >= 15 is 0 Å². The van der Waals surface area contributed by atoms with Crippen LogP contribution in [0.3, 0.4) is 0 Å². The summed E-state index contributed by atoms with van der Waals surface area (Å²) in [6.45, 7) is 9.45. The Labute approximate surface area is 185 Å². The van der Waals surface area contributed by atoms with Gasteiger partial charge in [-0.1, -0.05) is 50.2 Å². The summed E-state index contributed by atoms with van der Waals surface area (Å²) in [7, 11) is 0. The van der Waals surface area contributed by atoms with E-state index in [1.165, 1.54) is 16.7 Å². The summed E-state index contributed by atoms with van der Waals surface area (Å²) in [4.78, 5) is 6.98. The fourth-order valence-corrected chi connectivity index (χ4v) is 3.20. The number of halogens is 1. The van der Waals surface area contributed by atoms with E-state index in [9.17, 15) is 0 Å². The third-order valence-corrected chi connectivity index (χ3v) is 4.86. The first-order valence-electron chi connectivity index (χ1n) is 9.65. The maximum Gasteiger partial charge on any atom is 0.193 e. The first kappa shape index (κ1) is 22.6. The van der Waals surface area contributed by atoms with E-state index in [0.717, 1.165) is 38.5 Å². The van der Waals surface area contributed by atoms with Crippen molar-refractivity contribution in [2.75, 3.05) is 31.6 Å². The van der Waals surface area contributed by atoms with Gasteiger partial charge in [0.2, 0.25) is 0 Å². The molecule has 0 atom stereocenters. The number of nitrogens with zero attached hydrogens (tertiary/aromatic N) is 2. The number of hydrogen-bond donors (Lipinski definition) is 2. The van der Waals surface area contributed by atoms with Gasteiger partial charge < -0.3 is 15.8 Å². The Morgan fingerprint density at radius 2 is 1.82 bits per heavy atom. The number of nitrogens with one attached hydrogen (secondary N) is 1. The SMILES string of the molecule is CC(C)c1cccc(NC(N)=NCc2ccccc2CN2CCOCC2)c1.I. The normalized spacial score (nSPS) is 15.3. The first-order valence-corrected chi connectivity index (χ1v) is 9.65. The summed E-state index contributed by atoms with van der Waals surface area (Å²) in [5.74, 6) is 0.925. The molecule has 2 aromatic carbocycles. The molecule has 0 amide bonds. The van der Waals surface area contributed by atoms with Crippen molar-refractivity contribution in [1.82, 2.24) is 4.90 Å². The minimum Gasteiger partial charge on any atom is -0.379 e. The van der Waals surface area contributed by atoms with Gasteiger partial charge in [-0.05, 0) is 34.7 Å². The van der Waals surface area contributed by atoms with E-state index in [2.05, 4.69) is 65.5 Å². The molecular weight excluding hydrogens is 463 g/mol. The average Bonchev–Trinajstić information content (AvgIpc) is 2.68. The van der Waals surface area contributed by atoms with Gasteiger partial charge in [-0.25, -0.2) is 4.99 Å². The molecule has 1 fully saturated rings. The lowest BCUT2D eigenvalue weighted by Crippen LogP contribution is -2.35. The van der Waals surface area contributed by atoms with Crippen LogP contribution < -0.4 is 11.1 Å². The molecule has 1 aliphatic rings. The van der Waals surface area contributed by atoms with Crippen LogP contribution in [0.15, 0.2) is 53.5 Å². The van der Waals surface area contributed by atoms with Gasteiger partial charge in [-0.3, -0.25) is 4.90 Å². The van der Waals surface area contributed by atoms with E-state index in [4.69, 9.17) is 10.5 Å². The maximum absolute atomic E-state index is 6.13. The second-order valence-corrected chi connectivity index (χ2v) is 7.26. The van der Waals surface area contributed by atoms with Crippen LogP contribution in [0.4, 0.5) is 5.69 Å². The largest absolute Gasteiger partial charge is 0.379 e. The molecule has 5 nitrogen and oxygen atoms in total. The summed E-state index contributed by atoms with van der Waals surface area (Å²) in [5.41, 5.74) is 10.9. The number of benzene rings is 2. The molecule has 0 spiro atoms. The van der Waals surface area contributed by atoms with Gasteiger partial charge in [-0.15, -0.1) is 24.0 Å². The van der Waals surface area contributed by atoms with Gasteiger partial charge in [0.15, 0.2) is 5.96 Å². The minimum atomic E-state index is 0. The third-order valence-electron chi connectivity index (χ3n) is 4.86. The molecule has 0 bridgehead atoms. The lowest BCUT2D eigenvalue weighted by Gasteiger charge is -2.27. The third kappa shape index (κ3) is 6.76. The van der Waals surface area contributed by atoms with Gasteiger partial charge in [-0.2, -0.15) is 0 Å². The van der Waals surface area contributed by atoms with Crippen molar-refractivity contribution in [3.8, 4) is 0 Å².